The molecular weight excluding hydrogens is 320 g/mol. The zero-order chi connectivity index (χ0) is 16.2. The molecule has 6 nitrogen and oxygen atoms in total. The van der Waals surface area contributed by atoms with Gasteiger partial charge in [-0.3, -0.25) is 5.32 Å². The molecule has 0 bridgehead atoms. The summed E-state index contributed by atoms with van der Waals surface area (Å²) in [4.78, 5) is 15.4. The molecule has 23 heavy (non-hydrogen) atoms. The molecule has 118 valence electrons. The van der Waals surface area contributed by atoms with Crippen molar-refractivity contribution in [3.63, 3.8) is 0 Å². The molecule has 1 aromatic heterocycles. The van der Waals surface area contributed by atoms with Gasteiger partial charge in [-0.25, -0.2) is 9.78 Å². The molecule has 1 amide bonds. The van der Waals surface area contributed by atoms with Gasteiger partial charge in [0.2, 0.25) is 5.89 Å². The minimum Gasteiger partial charge on any atom is -0.484 e. The third kappa shape index (κ3) is 3.73. The molecular formula is C16H13ClN2O4. The number of benzene rings is 2. The number of nitrogens with zero attached hydrogens (tertiary/aromatic N) is 1. The summed E-state index contributed by atoms with van der Waals surface area (Å²) in [5.41, 5.74) is 1.96. The van der Waals surface area contributed by atoms with Crippen LogP contribution in [0.3, 0.4) is 0 Å². The van der Waals surface area contributed by atoms with Crippen LogP contribution in [0.15, 0.2) is 46.9 Å². The van der Waals surface area contributed by atoms with E-state index >= 15 is 0 Å². The highest BCUT2D eigenvalue weighted by molar-refractivity contribution is 6.31. The first-order valence-corrected chi connectivity index (χ1v) is 7.14. The van der Waals surface area contributed by atoms with Crippen LogP contribution < -0.4 is 10.1 Å². The maximum absolute atomic E-state index is 11.1. The topological polar surface area (TPSA) is 73.6 Å². The first kappa shape index (κ1) is 15.2. The van der Waals surface area contributed by atoms with E-state index in [1.54, 1.807) is 42.5 Å². The third-order valence-corrected chi connectivity index (χ3v) is 3.28. The average molecular weight is 333 g/mol. The van der Waals surface area contributed by atoms with Gasteiger partial charge >= 0.3 is 6.09 Å². The Morgan fingerprint density at radius 1 is 1.26 bits per heavy atom. The summed E-state index contributed by atoms with van der Waals surface area (Å²) >= 11 is 5.91. The number of carbonyl (C=O) groups is 1. The zero-order valence-corrected chi connectivity index (χ0v) is 13.0. The zero-order valence-electron chi connectivity index (χ0n) is 12.2. The second-order valence-electron chi connectivity index (χ2n) is 4.65. The van der Waals surface area contributed by atoms with Crippen molar-refractivity contribution in [2.24, 2.45) is 0 Å². The van der Waals surface area contributed by atoms with Crippen LogP contribution in [0.5, 0.6) is 5.75 Å². The van der Waals surface area contributed by atoms with Crippen molar-refractivity contribution in [2.75, 3.05) is 12.4 Å². The lowest BCUT2D eigenvalue weighted by Crippen LogP contribution is -2.10. The number of ether oxygens (including phenoxy) is 2. The molecule has 7 heteroatoms. The summed E-state index contributed by atoms with van der Waals surface area (Å²) < 4.78 is 15.7. The smallest absolute Gasteiger partial charge is 0.411 e. The van der Waals surface area contributed by atoms with Crippen LogP contribution in [0.4, 0.5) is 10.5 Å². The van der Waals surface area contributed by atoms with E-state index in [0.29, 0.717) is 33.4 Å². The van der Waals surface area contributed by atoms with Crippen LogP contribution in [0.25, 0.3) is 11.1 Å². The summed E-state index contributed by atoms with van der Waals surface area (Å²) in [6, 6.07) is 12.1. The van der Waals surface area contributed by atoms with Gasteiger partial charge in [0.1, 0.15) is 11.3 Å². The van der Waals surface area contributed by atoms with Gasteiger partial charge in [-0.15, -0.1) is 0 Å². The molecule has 0 atom stereocenters. The van der Waals surface area contributed by atoms with Crippen molar-refractivity contribution in [1.82, 2.24) is 4.98 Å². The fraction of sp³-hybridized carbons (Fsp3) is 0.125. The number of fused-ring (bicyclic) bond motifs is 1. The molecule has 0 fully saturated rings. The van der Waals surface area contributed by atoms with Crippen LogP contribution in [0.2, 0.25) is 5.02 Å². The van der Waals surface area contributed by atoms with Gasteiger partial charge in [0.15, 0.2) is 12.2 Å². The Hall–Kier alpha value is -2.73. The van der Waals surface area contributed by atoms with Gasteiger partial charge in [-0.2, -0.15) is 0 Å². The van der Waals surface area contributed by atoms with E-state index in [4.69, 9.17) is 20.8 Å². The van der Waals surface area contributed by atoms with Crippen molar-refractivity contribution in [2.45, 2.75) is 6.61 Å². The van der Waals surface area contributed by atoms with Crippen molar-refractivity contribution in [1.29, 1.82) is 0 Å². The normalized spacial score (nSPS) is 10.5. The molecule has 0 spiro atoms. The molecule has 1 heterocycles. The highest BCUT2D eigenvalue weighted by atomic mass is 35.5. The number of amides is 1. The summed E-state index contributed by atoms with van der Waals surface area (Å²) in [5, 5.41) is 3.16. The van der Waals surface area contributed by atoms with Crippen molar-refractivity contribution in [3.8, 4) is 5.75 Å². The summed E-state index contributed by atoms with van der Waals surface area (Å²) in [6.45, 7) is 0.191. The number of oxazole rings is 1. The molecule has 0 unspecified atom stereocenters. The quantitative estimate of drug-likeness (QED) is 0.773. The largest absolute Gasteiger partial charge is 0.484 e. The molecule has 0 radical (unpaired) electrons. The second-order valence-corrected chi connectivity index (χ2v) is 5.09. The highest BCUT2D eigenvalue weighted by Gasteiger charge is 2.07. The Morgan fingerprint density at radius 3 is 2.78 bits per heavy atom. The molecule has 2 aromatic carbocycles. The molecule has 0 saturated heterocycles. The summed E-state index contributed by atoms with van der Waals surface area (Å²) in [6.07, 6.45) is -0.524. The number of rotatable bonds is 4. The molecule has 3 aromatic rings. The lowest BCUT2D eigenvalue weighted by atomic mass is 10.3. The number of carbonyl (C=O) groups excluding carboxylic acids is 1. The number of aromatic nitrogens is 1. The Morgan fingerprint density at radius 2 is 2.04 bits per heavy atom. The molecule has 0 aliphatic carbocycles. The van der Waals surface area contributed by atoms with Gasteiger partial charge in [0.05, 0.1) is 7.11 Å². The Labute approximate surface area is 137 Å². The predicted octanol–water partition coefficient (Wildman–Crippen LogP) is 4.24. The number of halogens is 1. The Balaban J connectivity index is 1.63. The van der Waals surface area contributed by atoms with Crippen LogP contribution in [-0.4, -0.2) is 18.2 Å². The molecule has 0 aliphatic rings. The van der Waals surface area contributed by atoms with E-state index in [-0.39, 0.29) is 6.61 Å². The Kier molecular flexibility index (Phi) is 4.34. The number of anilines is 1. The highest BCUT2D eigenvalue weighted by Crippen LogP contribution is 2.21. The predicted molar refractivity (Wildman–Crippen MR) is 85.8 cm³/mol. The third-order valence-electron chi connectivity index (χ3n) is 3.04. The molecule has 0 saturated carbocycles. The van der Waals surface area contributed by atoms with Crippen LogP contribution in [0.1, 0.15) is 5.89 Å². The SMILES string of the molecule is COC(=O)Nc1ccc(OCc2nc3cc(Cl)ccc3o2)cc1. The van der Waals surface area contributed by atoms with E-state index in [0.717, 1.165) is 0 Å². The van der Waals surface area contributed by atoms with Gasteiger partial charge in [-0.05, 0) is 42.5 Å². The van der Waals surface area contributed by atoms with Crippen molar-refractivity contribution < 1.29 is 18.7 Å². The van der Waals surface area contributed by atoms with E-state index in [1.165, 1.54) is 7.11 Å². The first-order valence-electron chi connectivity index (χ1n) is 6.77. The minimum absolute atomic E-state index is 0.191. The fourth-order valence-corrected chi connectivity index (χ4v) is 2.12. The number of hydrogen-bond donors (Lipinski definition) is 1. The summed E-state index contributed by atoms with van der Waals surface area (Å²) in [7, 11) is 1.31. The van der Waals surface area contributed by atoms with Crippen molar-refractivity contribution in [3.05, 3.63) is 53.4 Å². The minimum atomic E-state index is -0.524. The molecule has 3 rings (SSSR count). The number of methoxy groups -OCH3 is 1. The first-order chi connectivity index (χ1) is 11.1. The van der Waals surface area contributed by atoms with Gasteiger partial charge < -0.3 is 13.9 Å². The van der Waals surface area contributed by atoms with E-state index in [9.17, 15) is 4.79 Å². The van der Waals surface area contributed by atoms with Gasteiger partial charge in [0.25, 0.3) is 0 Å². The standard InChI is InChI=1S/C16H13ClN2O4/c1-21-16(20)18-11-3-5-12(6-4-11)22-9-15-19-13-8-10(17)2-7-14(13)23-15/h2-8H,9H2,1H3,(H,18,20). The van der Waals surface area contributed by atoms with Crippen LogP contribution in [0, 0.1) is 0 Å². The van der Waals surface area contributed by atoms with E-state index in [1.807, 2.05) is 0 Å². The van der Waals surface area contributed by atoms with E-state index < -0.39 is 6.09 Å². The maximum atomic E-state index is 11.1. The summed E-state index contributed by atoms with van der Waals surface area (Å²) in [5.74, 6) is 1.08. The van der Waals surface area contributed by atoms with Gasteiger partial charge in [-0.1, -0.05) is 11.6 Å². The fourth-order valence-electron chi connectivity index (χ4n) is 1.96. The number of nitrogens with one attached hydrogen (secondary N) is 1. The Bertz CT molecular complexity index is 830. The second kappa shape index (κ2) is 6.58. The van der Waals surface area contributed by atoms with Crippen LogP contribution in [-0.2, 0) is 11.3 Å². The van der Waals surface area contributed by atoms with Crippen LogP contribution >= 0.6 is 11.6 Å². The lowest BCUT2D eigenvalue weighted by molar-refractivity contribution is 0.187. The molecule has 0 aliphatic heterocycles. The lowest BCUT2D eigenvalue weighted by Gasteiger charge is -2.06. The van der Waals surface area contributed by atoms with E-state index in [2.05, 4.69) is 15.0 Å². The van der Waals surface area contributed by atoms with Crippen molar-refractivity contribution >= 4 is 34.5 Å². The monoisotopic (exact) mass is 332 g/mol. The number of hydrogen-bond acceptors (Lipinski definition) is 5. The maximum Gasteiger partial charge on any atom is 0.411 e. The molecule has 1 N–H and O–H groups in total. The average Bonchev–Trinajstić information content (AvgIpc) is 2.96. The van der Waals surface area contributed by atoms with Gasteiger partial charge in [0, 0.05) is 10.7 Å².